The van der Waals surface area contributed by atoms with Gasteiger partial charge in [-0.1, -0.05) is 36.4 Å². The molecule has 5 heteroatoms. The van der Waals surface area contributed by atoms with Crippen LogP contribution in [0.25, 0.3) is 0 Å². The normalized spacial score (nSPS) is 16.0. The van der Waals surface area contributed by atoms with Gasteiger partial charge < -0.3 is 10.5 Å². The summed E-state index contributed by atoms with van der Waals surface area (Å²) in [5.74, 6) is 0.274. The van der Waals surface area contributed by atoms with Crippen LogP contribution in [0.3, 0.4) is 0 Å². The summed E-state index contributed by atoms with van der Waals surface area (Å²) in [4.78, 5) is 16.1. The SMILES string of the molecule is NC(=O)C(NCc1ccc(OC2CCCC2)nc1)c1ccccc1. The zero-order valence-corrected chi connectivity index (χ0v) is 13.7. The number of ether oxygens (including phenoxy) is 1. The van der Waals surface area contributed by atoms with Crippen molar-refractivity contribution in [2.75, 3.05) is 0 Å². The van der Waals surface area contributed by atoms with Crippen LogP contribution in [0.4, 0.5) is 0 Å². The average Bonchev–Trinajstić information content (AvgIpc) is 3.10. The first-order valence-electron chi connectivity index (χ1n) is 8.41. The molecule has 0 radical (unpaired) electrons. The van der Waals surface area contributed by atoms with Crippen LogP contribution in [-0.2, 0) is 11.3 Å². The maximum atomic E-state index is 11.7. The molecule has 5 nitrogen and oxygen atoms in total. The Labute approximate surface area is 142 Å². The van der Waals surface area contributed by atoms with E-state index in [2.05, 4.69) is 10.3 Å². The number of nitrogens with two attached hydrogens (primary N) is 1. The molecule has 24 heavy (non-hydrogen) atoms. The first-order valence-corrected chi connectivity index (χ1v) is 8.41. The van der Waals surface area contributed by atoms with E-state index in [1.165, 1.54) is 12.8 Å². The molecule has 1 aromatic heterocycles. The molecule has 0 bridgehead atoms. The lowest BCUT2D eigenvalue weighted by molar-refractivity contribution is -0.120. The fourth-order valence-electron chi connectivity index (χ4n) is 3.01. The van der Waals surface area contributed by atoms with Gasteiger partial charge in [0.1, 0.15) is 12.1 Å². The van der Waals surface area contributed by atoms with E-state index in [-0.39, 0.29) is 0 Å². The van der Waals surface area contributed by atoms with Crippen molar-refractivity contribution in [2.24, 2.45) is 5.73 Å². The molecule has 1 aliphatic carbocycles. The molecule has 1 aliphatic rings. The Bertz CT molecular complexity index is 652. The molecule has 1 fully saturated rings. The Morgan fingerprint density at radius 1 is 1.21 bits per heavy atom. The van der Waals surface area contributed by atoms with Crippen molar-refractivity contribution in [1.82, 2.24) is 10.3 Å². The molecule has 1 saturated carbocycles. The number of benzene rings is 1. The van der Waals surface area contributed by atoms with Crippen molar-refractivity contribution in [1.29, 1.82) is 0 Å². The van der Waals surface area contributed by atoms with Gasteiger partial charge in [0.25, 0.3) is 0 Å². The molecule has 1 heterocycles. The second-order valence-corrected chi connectivity index (χ2v) is 6.16. The van der Waals surface area contributed by atoms with Gasteiger partial charge in [-0.25, -0.2) is 4.98 Å². The van der Waals surface area contributed by atoms with Crippen LogP contribution in [0.5, 0.6) is 5.88 Å². The number of amides is 1. The Morgan fingerprint density at radius 3 is 2.58 bits per heavy atom. The summed E-state index contributed by atoms with van der Waals surface area (Å²) in [6.07, 6.45) is 6.78. The monoisotopic (exact) mass is 325 g/mol. The van der Waals surface area contributed by atoms with E-state index in [1.54, 1.807) is 6.20 Å². The molecular weight excluding hydrogens is 302 g/mol. The van der Waals surface area contributed by atoms with Crippen molar-refractivity contribution in [3.8, 4) is 5.88 Å². The van der Waals surface area contributed by atoms with Crippen molar-refractivity contribution in [3.05, 3.63) is 59.8 Å². The topological polar surface area (TPSA) is 77.2 Å². The molecule has 0 aliphatic heterocycles. The van der Waals surface area contributed by atoms with Crippen LogP contribution in [0.1, 0.15) is 42.9 Å². The van der Waals surface area contributed by atoms with E-state index in [4.69, 9.17) is 10.5 Å². The third kappa shape index (κ3) is 4.32. The minimum absolute atomic E-state index is 0.304. The molecule has 126 valence electrons. The zero-order chi connectivity index (χ0) is 16.8. The maximum absolute atomic E-state index is 11.7. The van der Waals surface area contributed by atoms with Gasteiger partial charge >= 0.3 is 0 Å². The molecule has 1 aromatic carbocycles. The van der Waals surface area contributed by atoms with Crippen LogP contribution in [-0.4, -0.2) is 17.0 Å². The first-order chi connectivity index (χ1) is 11.7. The van der Waals surface area contributed by atoms with E-state index in [1.807, 2.05) is 42.5 Å². The number of pyridine rings is 1. The lowest BCUT2D eigenvalue weighted by Crippen LogP contribution is -2.33. The van der Waals surface area contributed by atoms with Gasteiger partial charge in [-0.2, -0.15) is 0 Å². The van der Waals surface area contributed by atoms with Gasteiger partial charge in [0.2, 0.25) is 11.8 Å². The standard InChI is InChI=1S/C19H23N3O2/c20-19(23)18(15-6-2-1-3-7-15)22-13-14-10-11-17(21-12-14)24-16-8-4-5-9-16/h1-3,6-7,10-12,16,18,22H,4-5,8-9,13H2,(H2,20,23). The summed E-state index contributed by atoms with van der Waals surface area (Å²) in [6, 6.07) is 12.8. The second-order valence-electron chi connectivity index (χ2n) is 6.16. The number of nitrogens with one attached hydrogen (secondary N) is 1. The molecule has 3 N–H and O–H groups in total. The highest BCUT2D eigenvalue weighted by Crippen LogP contribution is 2.23. The maximum Gasteiger partial charge on any atom is 0.239 e. The number of primary amides is 1. The largest absolute Gasteiger partial charge is 0.474 e. The van der Waals surface area contributed by atoms with E-state index in [0.717, 1.165) is 24.0 Å². The molecule has 3 rings (SSSR count). The predicted molar refractivity (Wildman–Crippen MR) is 92.3 cm³/mol. The minimum Gasteiger partial charge on any atom is -0.474 e. The molecule has 1 amide bonds. The fraction of sp³-hybridized carbons (Fsp3) is 0.368. The quantitative estimate of drug-likeness (QED) is 0.820. The Kier molecular flexibility index (Phi) is 5.43. The number of carbonyl (C=O) groups excluding carboxylic acids is 1. The van der Waals surface area contributed by atoms with E-state index in [9.17, 15) is 4.79 Å². The Hall–Kier alpha value is -2.40. The summed E-state index contributed by atoms with van der Waals surface area (Å²) in [7, 11) is 0. The van der Waals surface area contributed by atoms with Crippen molar-refractivity contribution in [3.63, 3.8) is 0 Å². The number of nitrogens with zero attached hydrogens (tertiary/aromatic N) is 1. The van der Waals surface area contributed by atoms with Crippen molar-refractivity contribution >= 4 is 5.91 Å². The van der Waals surface area contributed by atoms with Crippen LogP contribution < -0.4 is 15.8 Å². The molecule has 2 aromatic rings. The Morgan fingerprint density at radius 2 is 1.96 bits per heavy atom. The minimum atomic E-state index is -0.513. The van der Waals surface area contributed by atoms with Gasteiger partial charge in [0.15, 0.2) is 0 Å². The predicted octanol–water partition coefficient (Wildman–Crippen LogP) is 2.72. The highest BCUT2D eigenvalue weighted by Gasteiger charge is 2.18. The summed E-state index contributed by atoms with van der Waals surface area (Å²) in [5.41, 5.74) is 7.35. The van der Waals surface area contributed by atoms with Gasteiger partial charge in [-0.3, -0.25) is 10.1 Å². The number of hydrogen-bond acceptors (Lipinski definition) is 4. The number of aromatic nitrogens is 1. The summed E-state index contributed by atoms with van der Waals surface area (Å²) < 4.78 is 5.86. The second kappa shape index (κ2) is 7.93. The molecule has 1 atom stereocenters. The highest BCUT2D eigenvalue weighted by atomic mass is 16.5. The Balaban J connectivity index is 1.57. The van der Waals surface area contributed by atoms with E-state index >= 15 is 0 Å². The van der Waals surface area contributed by atoms with Crippen molar-refractivity contribution in [2.45, 2.75) is 44.4 Å². The first kappa shape index (κ1) is 16.5. The summed E-state index contributed by atoms with van der Waals surface area (Å²) >= 11 is 0. The summed E-state index contributed by atoms with van der Waals surface area (Å²) in [6.45, 7) is 0.513. The summed E-state index contributed by atoms with van der Waals surface area (Å²) in [5, 5.41) is 3.19. The van der Waals surface area contributed by atoms with Gasteiger partial charge in [-0.05, 0) is 36.8 Å². The van der Waals surface area contributed by atoms with Gasteiger partial charge in [0, 0.05) is 18.8 Å². The van der Waals surface area contributed by atoms with Gasteiger partial charge in [-0.15, -0.1) is 0 Å². The smallest absolute Gasteiger partial charge is 0.239 e. The van der Waals surface area contributed by atoms with E-state index < -0.39 is 11.9 Å². The fourth-order valence-corrected chi connectivity index (χ4v) is 3.01. The van der Waals surface area contributed by atoms with Crippen LogP contribution in [0.2, 0.25) is 0 Å². The third-order valence-electron chi connectivity index (χ3n) is 4.31. The van der Waals surface area contributed by atoms with E-state index in [0.29, 0.717) is 18.5 Å². The highest BCUT2D eigenvalue weighted by molar-refractivity contribution is 5.81. The number of carbonyl (C=O) groups is 1. The lowest BCUT2D eigenvalue weighted by atomic mass is 10.1. The molecular formula is C19H23N3O2. The number of rotatable bonds is 7. The van der Waals surface area contributed by atoms with Crippen LogP contribution in [0, 0.1) is 0 Å². The van der Waals surface area contributed by atoms with Crippen molar-refractivity contribution < 1.29 is 9.53 Å². The molecule has 1 unspecified atom stereocenters. The molecule has 0 saturated heterocycles. The zero-order valence-electron chi connectivity index (χ0n) is 13.7. The molecule has 0 spiro atoms. The lowest BCUT2D eigenvalue weighted by Gasteiger charge is -2.16. The van der Waals surface area contributed by atoms with Crippen LogP contribution >= 0.6 is 0 Å². The number of hydrogen-bond donors (Lipinski definition) is 2. The average molecular weight is 325 g/mol. The van der Waals surface area contributed by atoms with Gasteiger partial charge in [0.05, 0.1) is 0 Å². The third-order valence-corrected chi connectivity index (χ3v) is 4.31. The van der Waals surface area contributed by atoms with Crippen LogP contribution in [0.15, 0.2) is 48.7 Å².